The molecule has 11 unspecified atom stereocenters. The summed E-state index contributed by atoms with van der Waals surface area (Å²) < 4.78 is 0. The second-order valence-corrected chi connectivity index (χ2v) is 38.3. The number of nitrogens with one attached hydrogen (secondary N) is 10. The lowest BCUT2D eigenvalue weighted by molar-refractivity contribution is -0.156. The lowest BCUT2D eigenvalue weighted by Gasteiger charge is -2.48. The third kappa shape index (κ3) is 28.8. The van der Waals surface area contributed by atoms with Crippen molar-refractivity contribution in [2.24, 2.45) is 5.92 Å². The molecule has 0 bridgehead atoms. The molecule has 5 aliphatic carbocycles. The van der Waals surface area contributed by atoms with E-state index in [1.54, 1.807) is 14.7 Å². The summed E-state index contributed by atoms with van der Waals surface area (Å²) in [5, 5.41) is 28.7. The van der Waals surface area contributed by atoms with Crippen LogP contribution < -0.4 is 53.2 Å². The number of piperazine rings is 5. The molecule has 10 aliphatic rings. The molecule has 10 N–H and O–H groups in total. The highest BCUT2D eigenvalue weighted by atomic mass is 16.2. The Morgan fingerprint density at radius 1 is 0.365 bits per heavy atom. The minimum absolute atomic E-state index is 0.0365. The van der Waals surface area contributed by atoms with Crippen molar-refractivity contribution in [3.05, 3.63) is 215 Å². The van der Waals surface area contributed by atoms with Gasteiger partial charge < -0.3 is 77.7 Å². The zero-order valence-electron chi connectivity index (χ0n) is 80.2. The Morgan fingerprint density at radius 2 is 0.737 bits per heavy atom. The van der Waals surface area contributed by atoms with Gasteiger partial charge >= 0.3 is 0 Å². The number of rotatable bonds is 25. The Kier molecular flexibility index (Phi) is 39.3. The maximum atomic E-state index is 14.5. The predicted molar refractivity (Wildman–Crippen MR) is 520 cm³/mol. The van der Waals surface area contributed by atoms with Gasteiger partial charge in [-0.15, -0.1) is 0 Å². The maximum absolute atomic E-state index is 14.5. The van der Waals surface area contributed by atoms with Gasteiger partial charge in [0.05, 0.1) is 36.9 Å². The molecule has 6 aromatic rings. The highest BCUT2D eigenvalue weighted by molar-refractivity contribution is 6.12. The van der Waals surface area contributed by atoms with Crippen molar-refractivity contribution in [3.8, 4) is 0 Å². The van der Waals surface area contributed by atoms with E-state index in [-0.39, 0.29) is 126 Å². The van der Waals surface area contributed by atoms with Crippen LogP contribution in [0.5, 0.6) is 0 Å². The van der Waals surface area contributed by atoms with Crippen molar-refractivity contribution in [3.63, 3.8) is 0 Å². The molecule has 5 heterocycles. The molecular formula is C107H141N15O15. The number of carbonyl (C=O) groups excluding carboxylic acids is 15. The number of benzene rings is 6. The summed E-state index contributed by atoms with van der Waals surface area (Å²) in [6.07, 6.45) is 25.7. The van der Waals surface area contributed by atoms with Gasteiger partial charge in [-0.25, -0.2) is 0 Å². The van der Waals surface area contributed by atoms with E-state index in [2.05, 4.69) is 53.2 Å². The molecule has 0 radical (unpaired) electrons. The highest BCUT2D eigenvalue weighted by Crippen LogP contribution is 2.37. The molecule has 16 rings (SSSR count). The van der Waals surface area contributed by atoms with Crippen LogP contribution in [0.2, 0.25) is 0 Å². The molecule has 30 heteroatoms. The third-order valence-electron chi connectivity index (χ3n) is 27.5. The summed E-state index contributed by atoms with van der Waals surface area (Å²) >= 11 is 0. The molecular weight excluding hydrogens is 1740 g/mol. The van der Waals surface area contributed by atoms with E-state index in [9.17, 15) is 71.9 Å². The van der Waals surface area contributed by atoms with Gasteiger partial charge in [-0.05, 0) is 144 Å². The van der Waals surface area contributed by atoms with E-state index in [1.807, 2.05) is 217 Å². The highest BCUT2D eigenvalue weighted by Gasteiger charge is 2.53. The fourth-order valence-corrected chi connectivity index (χ4v) is 20.7. The molecule has 0 aromatic heterocycles. The van der Waals surface area contributed by atoms with Crippen molar-refractivity contribution >= 4 is 88.6 Å². The monoisotopic (exact) mass is 1880 g/mol. The number of aryl methyl sites for hydroxylation is 1. The molecule has 734 valence electrons. The van der Waals surface area contributed by atoms with Crippen molar-refractivity contribution in [1.82, 2.24) is 77.7 Å². The number of nitrogens with zero attached hydrogens (tertiary/aromatic N) is 5. The Hall–Kier alpha value is -12.6. The van der Waals surface area contributed by atoms with Crippen LogP contribution in [0.15, 0.2) is 182 Å². The predicted octanol–water partition coefficient (Wildman–Crippen LogP) is 9.15. The number of fused-ring (bicyclic) bond motifs is 3. The van der Waals surface area contributed by atoms with Gasteiger partial charge in [0.2, 0.25) is 29.5 Å². The van der Waals surface area contributed by atoms with Crippen LogP contribution >= 0.6 is 0 Å². The smallest absolute Gasteiger partial charge is 0.252 e. The van der Waals surface area contributed by atoms with E-state index in [4.69, 9.17) is 0 Å². The summed E-state index contributed by atoms with van der Waals surface area (Å²) in [6, 6.07) is 51.2. The number of hydrogen-bond acceptors (Lipinski definition) is 15. The lowest BCUT2D eigenvalue weighted by Crippen LogP contribution is -2.71. The van der Waals surface area contributed by atoms with Crippen LogP contribution in [0, 0.1) is 5.92 Å². The van der Waals surface area contributed by atoms with Crippen molar-refractivity contribution in [2.75, 3.05) is 32.7 Å². The summed E-state index contributed by atoms with van der Waals surface area (Å²) in [5.74, 6) is -4.75. The molecule has 137 heavy (non-hydrogen) atoms. The van der Waals surface area contributed by atoms with Crippen molar-refractivity contribution in [2.45, 2.75) is 318 Å². The summed E-state index contributed by atoms with van der Waals surface area (Å²) in [7, 11) is 0. The van der Waals surface area contributed by atoms with Crippen LogP contribution in [0.4, 0.5) is 0 Å². The van der Waals surface area contributed by atoms with E-state index >= 15 is 0 Å². The second-order valence-electron chi connectivity index (χ2n) is 38.3. The van der Waals surface area contributed by atoms with Gasteiger partial charge in [0.1, 0.15) is 0 Å². The molecule has 10 fully saturated rings. The summed E-state index contributed by atoms with van der Waals surface area (Å²) in [6.45, 7) is 11.8. The van der Waals surface area contributed by atoms with Gasteiger partial charge in [0.25, 0.3) is 59.1 Å². The Bertz CT molecular complexity index is 4990. The molecule has 5 saturated carbocycles. The van der Waals surface area contributed by atoms with Crippen LogP contribution in [0.25, 0.3) is 0 Å². The average Bonchev–Trinajstić information content (AvgIpc) is 0.756. The molecule has 5 saturated heterocycles. The summed E-state index contributed by atoms with van der Waals surface area (Å²) in [5.41, 5.74) is 5.45. The molecule has 30 nitrogen and oxygen atoms in total. The lowest BCUT2D eigenvalue weighted by atomic mass is 9.82. The van der Waals surface area contributed by atoms with Crippen LogP contribution in [-0.2, 0) is 97.7 Å². The second kappa shape index (κ2) is 52.1. The minimum atomic E-state index is -1.21. The minimum Gasteiger partial charge on any atom is -0.354 e. The Morgan fingerprint density at radius 3 is 1.20 bits per heavy atom. The van der Waals surface area contributed by atoms with E-state index in [0.29, 0.717) is 64.4 Å². The zero-order chi connectivity index (χ0) is 97.3. The fourth-order valence-electron chi connectivity index (χ4n) is 20.7. The van der Waals surface area contributed by atoms with Gasteiger partial charge in [-0.1, -0.05) is 272 Å². The van der Waals surface area contributed by atoms with Crippen molar-refractivity contribution in [1.29, 1.82) is 0 Å². The van der Waals surface area contributed by atoms with E-state index in [1.165, 1.54) is 35.5 Å². The van der Waals surface area contributed by atoms with Gasteiger partial charge in [0.15, 0.2) is 30.2 Å². The van der Waals surface area contributed by atoms with E-state index in [0.717, 1.165) is 162 Å². The first kappa shape index (κ1) is 103. The van der Waals surface area contributed by atoms with Gasteiger partial charge in [-0.2, -0.15) is 0 Å². The van der Waals surface area contributed by atoms with Crippen LogP contribution in [-0.4, -0.2) is 230 Å². The van der Waals surface area contributed by atoms with Crippen LogP contribution in [0.1, 0.15) is 241 Å². The average molecular weight is 1880 g/mol. The quantitative estimate of drug-likeness (QED) is 0.0189. The summed E-state index contributed by atoms with van der Waals surface area (Å²) in [4.78, 5) is 201. The largest absolute Gasteiger partial charge is 0.354 e. The normalized spacial score (nSPS) is 23.1. The molecule has 6 aromatic carbocycles. The fraction of sp³-hybridized carbons (Fsp3) is 0.523. The Balaban J connectivity index is 0.000000155. The maximum Gasteiger partial charge on any atom is 0.252 e. The molecule has 15 amide bonds. The first-order valence-corrected chi connectivity index (χ1v) is 50.1. The van der Waals surface area contributed by atoms with Crippen LogP contribution in [0.3, 0.4) is 0 Å². The number of unbranched alkanes of at least 4 members (excludes halogenated alkanes) is 1. The molecule has 5 aliphatic heterocycles. The number of hydrogen-bond donors (Lipinski definition) is 10. The standard InChI is InChI=1S/C30H31N3O3.C22H31N3O3.C20H27N3O3.C19H31N3O3.C16H21N3O3/c34-28(31-20-21-12-4-1-5-13-21)27-29(35)32-24-18-10-11-19-25(24)33(27)30(36)26(22-14-6-2-7-15-22)23-16-8-3-9-17-23;1-2-3-15-23-21(27)20-22(28)24-17-11-7-8-12-18(17)25(20)19(26)14-13-16-9-5-4-6-10-16;1-13(2)21-19(25)18-20(26)22-15-10-6-7-11-16(15)23(18)17(24)12-14-8-4-3-5-9-14;23-16(13-14-7-3-1-4-8-14)22-12-11-20-18(24)17(22)19(25)21-15-9-5-2-6-10-15;1-11(2)18-16(22)14-15(21)17-8-9-19(14)13(20)10-12-6-4-3-5-7-12/h1-9,12-17,24-27H,10-11,18-20H2,(H,31,34)(H,32,35);4-6,9-10,17-18,20H,2-3,7-8,11-15H2,1H3,(H,23,27)(H,24,28);3-5,8-9,13,15-16,18H,6-7,10-12H2,1-2H3,(H,21,25)(H,22,26);14-15,17H,1-13H2,(H,20,24)(H,21,25);3-7,11,14H,8-10H2,1-2H3,(H,17,21)(H,18,22). The topological polar surface area (TPSA) is 393 Å². The first-order chi connectivity index (χ1) is 66.3. The third-order valence-corrected chi connectivity index (χ3v) is 27.5. The van der Waals surface area contributed by atoms with Crippen molar-refractivity contribution < 1.29 is 71.9 Å². The number of amides is 15. The zero-order valence-corrected chi connectivity index (χ0v) is 80.2. The van der Waals surface area contributed by atoms with E-state index < -0.39 is 65.7 Å². The molecule has 11 atom stereocenters. The van der Waals surface area contributed by atoms with Gasteiger partial charge in [-0.3, -0.25) is 71.9 Å². The Labute approximate surface area is 805 Å². The van der Waals surface area contributed by atoms with Gasteiger partial charge in [0, 0.05) is 88.4 Å². The number of carbonyl (C=O) groups is 15. The molecule has 0 spiro atoms. The SMILES string of the molecule is CC(C)NC(=O)C1C(=O)NC2CCCCC2N1C(=O)Cc1ccccc1.CC(C)NC(=O)C1C(=O)NCCN1C(=O)Cc1ccccc1.CCCCNC(=O)C1C(=O)NC2CCCCC2N1C(=O)CCc1ccccc1.O=C(NCc1ccccc1)C1C(=O)NC2CCCCC2N1C(=O)C(c1ccccc1)c1ccccc1.O=C1NCCN(C(=O)CC2CCCCC2)C1C(=O)NC1CCCCC1. The first-order valence-electron chi connectivity index (χ1n) is 50.1.